The van der Waals surface area contributed by atoms with E-state index >= 15 is 0 Å². The van der Waals surface area contributed by atoms with Gasteiger partial charge in [0, 0.05) is 6.42 Å². The van der Waals surface area contributed by atoms with Gasteiger partial charge in [0.2, 0.25) is 35.4 Å². The first-order valence-electron chi connectivity index (χ1n) is 15.9. The normalized spacial score (nSPS) is 14.6. The fourth-order valence-corrected chi connectivity index (χ4v) is 4.36. The van der Waals surface area contributed by atoms with Crippen LogP contribution in [0.1, 0.15) is 45.6 Å². The van der Waals surface area contributed by atoms with E-state index in [4.69, 9.17) is 16.6 Å². The van der Waals surface area contributed by atoms with Crippen molar-refractivity contribution >= 4 is 41.4 Å². The molecule has 0 aliphatic carbocycles. The first-order chi connectivity index (χ1) is 23.1. The molecule has 0 unspecified atom stereocenters. The van der Waals surface area contributed by atoms with Crippen LogP contribution in [0.3, 0.4) is 0 Å². The van der Waals surface area contributed by atoms with Crippen LogP contribution in [0.4, 0.5) is 0 Å². The van der Waals surface area contributed by atoms with Crippen LogP contribution >= 0.6 is 0 Å². The summed E-state index contributed by atoms with van der Waals surface area (Å²) in [5, 5.41) is 42.8. The van der Waals surface area contributed by atoms with Crippen LogP contribution in [-0.2, 0) is 40.0 Å². The van der Waals surface area contributed by atoms with Crippen molar-refractivity contribution in [3.63, 3.8) is 0 Å². The number of unbranched alkanes of at least 4 members (excludes halogenated alkanes) is 1. The van der Waals surface area contributed by atoms with E-state index in [-0.39, 0.29) is 12.8 Å². The Hall–Kier alpha value is -4.65. The molecule has 0 saturated carbocycles. The third-order valence-corrected chi connectivity index (χ3v) is 7.27. The molecule has 0 radical (unpaired) electrons. The molecule has 274 valence electrons. The molecule has 0 heterocycles. The van der Waals surface area contributed by atoms with Crippen LogP contribution < -0.4 is 43.4 Å². The number of carboxylic acid groups (broad SMARTS) is 1. The molecular formula is C31H50N8O10. The lowest BCUT2D eigenvalue weighted by Crippen LogP contribution is -2.60. The Morgan fingerprint density at radius 1 is 0.714 bits per heavy atom. The molecule has 6 atom stereocenters. The number of carbonyl (C=O) groups is 7. The van der Waals surface area contributed by atoms with Crippen molar-refractivity contribution < 1.29 is 48.9 Å². The Kier molecular flexibility index (Phi) is 19.1. The third kappa shape index (κ3) is 15.4. The SMILES string of the molecule is CC(C)[C@H](NC(=O)CNC(=O)[C@H](N)CO)C(=O)N[C@@H](CCCCN)C(=O)N[C@H](CO)C(=O)N[C@@H](C)C(=O)N[C@@H](Cc1ccccc1)C(=O)O. The van der Waals surface area contributed by atoms with E-state index in [1.165, 1.54) is 6.92 Å². The average Bonchev–Trinajstić information content (AvgIpc) is 3.07. The van der Waals surface area contributed by atoms with Crippen LogP contribution in [0.2, 0.25) is 0 Å². The van der Waals surface area contributed by atoms with Crippen molar-refractivity contribution in [1.29, 1.82) is 0 Å². The van der Waals surface area contributed by atoms with E-state index < -0.39 is 103 Å². The van der Waals surface area contributed by atoms with Gasteiger partial charge in [0.15, 0.2) is 0 Å². The maximum atomic E-state index is 13.3. The third-order valence-electron chi connectivity index (χ3n) is 7.27. The van der Waals surface area contributed by atoms with Gasteiger partial charge in [-0.15, -0.1) is 0 Å². The van der Waals surface area contributed by atoms with Crippen molar-refractivity contribution in [2.24, 2.45) is 17.4 Å². The molecule has 0 bridgehead atoms. The van der Waals surface area contributed by atoms with Crippen LogP contribution in [0.5, 0.6) is 0 Å². The van der Waals surface area contributed by atoms with Gasteiger partial charge >= 0.3 is 5.97 Å². The molecule has 0 aliphatic heterocycles. The quantitative estimate of drug-likeness (QED) is 0.0517. The van der Waals surface area contributed by atoms with Crippen LogP contribution in [-0.4, -0.2) is 119 Å². The van der Waals surface area contributed by atoms with E-state index in [2.05, 4.69) is 31.9 Å². The molecule has 0 fully saturated rings. The smallest absolute Gasteiger partial charge is 0.326 e. The first-order valence-corrected chi connectivity index (χ1v) is 15.9. The highest BCUT2D eigenvalue weighted by Gasteiger charge is 2.32. The number of benzene rings is 1. The number of aliphatic hydroxyl groups is 2. The van der Waals surface area contributed by atoms with Crippen molar-refractivity contribution in [2.75, 3.05) is 26.3 Å². The minimum Gasteiger partial charge on any atom is -0.480 e. The van der Waals surface area contributed by atoms with Crippen molar-refractivity contribution in [3.05, 3.63) is 35.9 Å². The molecule has 0 saturated heterocycles. The van der Waals surface area contributed by atoms with E-state index in [0.717, 1.165) is 0 Å². The lowest BCUT2D eigenvalue weighted by Gasteiger charge is -2.27. The highest BCUT2D eigenvalue weighted by atomic mass is 16.4. The minimum absolute atomic E-state index is 0.00753. The zero-order valence-corrected chi connectivity index (χ0v) is 27.9. The summed E-state index contributed by atoms with van der Waals surface area (Å²) >= 11 is 0. The topological polar surface area (TPSA) is 304 Å². The van der Waals surface area contributed by atoms with Gasteiger partial charge in [0.1, 0.15) is 36.3 Å². The summed E-state index contributed by atoms with van der Waals surface area (Å²) in [7, 11) is 0. The van der Waals surface area contributed by atoms with E-state index in [1.807, 2.05) is 0 Å². The number of amides is 6. The van der Waals surface area contributed by atoms with E-state index in [0.29, 0.717) is 24.9 Å². The zero-order valence-electron chi connectivity index (χ0n) is 27.9. The Bertz CT molecular complexity index is 1270. The molecule has 0 aliphatic rings. The number of aliphatic carboxylic acids is 1. The second-order valence-electron chi connectivity index (χ2n) is 11.7. The van der Waals surface area contributed by atoms with Gasteiger partial charge in [-0.05, 0) is 44.2 Å². The maximum Gasteiger partial charge on any atom is 0.326 e. The van der Waals surface area contributed by atoms with E-state index in [1.54, 1.807) is 44.2 Å². The van der Waals surface area contributed by atoms with Gasteiger partial charge in [0.05, 0.1) is 19.8 Å². The number of carboxylic acids is 1. The summed E-state index contributed by atoms with van der Waals surface area (Å²) in [5.74, 6) is -6.61. The molecular weight excluding hydrogens is 644 g/mol. The molecule has 0 aromatic heterocycles. The van der Waals surface area contributed by atoms with Crippen LogP contribution in [0.25, 0.3) is 0 Å². The highest BCUT2D eigenvalue weighted by Crippen LogP contribution is 2.07. The van der Waals surface area contributed by atoms with Crippen LogP contribution in [0.15, 0.2) is 30.3 Å². The predicted octanol–water partition coefficient (Wildman–Crippen LogP) is -4.03. The number of carbonyl (C=O) groups excluding carboxylic acids is 6. The number of nitrogens with one attached hydrogen (secondary N) is 6. The zero-order chi connectivity index (χ0) is 37.1. The molecule has 1 aromatic carbocycles. The number of rotatable bonds is 22. The van der Waals surface area contributed by atoms with E-state index in [9.17, 15) is 43.8 Å². The Labute approximate surface area is 284 Å². The van der Waals surface area contributed by atoms with Crippen molar-refractivity contribution in [2.45, 2.75) is 82.7 Å². The summed E-state index contributed by atoms with van der Waals surface area (Å²) in [6, 6.07) is 0.909. The van der Waals surface area contributed by atoms with Gasteiger partial charge in [-0.1, -0.05) is 44.2 Å². The Morgan fingerprint density at radius 2 is 1.31 bits per heavy atom. The summed E-state index contributed by atoms with van der Waals surface area (Å²) in [4.78, 5) is 88.2. The summed E-state index contributed by atoms with van der Waals surface area (Å²) in [6.45, 7) is 2.83. The highest BCUT2D eigenvalue weighted by molar-refractivity contribution is 5.96. The minimum atomic E-state index is -1.55. The second kappa shape index (κ2) is 22.1. The summed E-state index contributed by atoms with van der Waals surface area (Å²) in [6.07, 6.45) is 0.967. The number of hydrogen-bond donors (Lipinski definition) is 11. The molecule has 13 N–H and O–H groups in total. The van der Waals surface area contributed by atoms with Crippen molar-refractivity contribution in [1.82, 2.24) is 31.9 Å². The average molecular weight is 695 g/mol. The van der Waals surface area contributed by atoms with Gasteiger partial charge < -0.3 is 58.7 Å². The molecule has 6 amide bonds. The monoisotopic (exact) mass is 694 g/mol. The standard InChI is InChI=1S/C31H50N8O10/c1-17(2)25(39-24(42)14-34-27(44)20(33)15-40)30(47)36-21(11-7-8-12-32)28(45)38-23(16-41)29(46)35-18(3)26(43)37-22(31(48)49)13-19-9-5-4-6-10-19/h4-6,9-10,17-18,20-23,25,40-41H,7-8,11-16,32-33H2,1-3H3,(H,34,44)(H,35,46)(H,36,47)(H,37,43)(H,38,45)(H,39,42)(H,48,49)/t18-,20+,21-,22-,23+,25-/m0/s1. The second-order valence-corrected chi connectivity index (χ2v) is 11.7. The molecule has 18 nitrogen and oxygen atoms in total. The molecule has 1 aromatic rings. The van der Waals surface area contributed by atoms with Gasteiger partial charge in [0.25, 0.3) is 0 Å². The molecule has 49 heavy (non-hydrogen) atoms. The van der Waals surface area contributed by atoms with Crippen LogP contribution in [0, 0.1) is 5.92 Å². The Morgan fingerprint density at radius 3 is 1.86 bits per heavy atom. The largest absolute Gasteiger partial charge is 0.480 e. The first kappa shape index (κ1) is 42.4. The summed E-state index contributed by atoms with van der Waals surface area (Å²) in [5.41, 5.74) is 11.6. The molecule has 1 rings (SSSR count). The fraction of sp³-hybridized carbons (Fsp3) is 0.581. The summed E-state index contributed by atoms with van der Waals surface area (Å²) < 4.78 is 0. The van der Waals surface area contributed by atoms with Crippen molar-refractivity contribution in [3.8, 4) is 0 Å². The predicted molar refractivity (Wildman–Crippen MR) is 176 cm³/mol. The molecule has 0 spiro atoms. The number of aliphatic hydroxyl groups excluding tert-OH is 2. The fourth-order valence-electron chi connectivity index (χ4n) is 4.36. The molecule has 18 heteroatoms. The van der Waals surface area contributed by atoms with Gasteiger partial charge in [-0.2, -0.15) is 0 Å². The maximum absolute atomic E-state index is 13.3. The Balaban J connectivity index is 2.92. The lowest BCUT2D eigenvalue weighted by atomic mass is 10.0. The van der Waals surface area contributed by atoms with Gasteiger partial charge in [-0.25, -0.2) is 4.79 Å². The van der Waals surface area contributed by atoms with Gasteiger partial charge in [-0.3, -0.25) is 28.8 Å². The number of hydrogen-bond acceptors (Lipinski definition) is 11. The number of nitrogens with two attached hydrogens (primary N) is 2. The lowest BCUT2D eigenvalue weighted by molar-refractivity contribution is -0.142.